The smallest absolute Gasteiger partial charge is 0.139 e. The lowest BCUT2D eigenvalue weighted by molar-refractivity contribution is 0.210. The first-order valence-corrected chi connectivity index (χ1v) is 11.0. The largest absolute Gasteiger partial charge is 0.206 e. The van der Waals surface area contributed by atoms with Gasteiger partial charge in [0.15, 0.2) is 0 Å². The van der Waals surface area contributed by atoms with Gasteiger partial charge in [0.1, 0.15) is 5.82 Å². The zero-order valence-electron chi connectivity index (χ0n) is 17.6. The molecular weight excluding hydrogens is 343 g/mol. The summed E-state index contributed by atoms with van der Waals surface area (Å²) in [5.41, 5.74) is 3.80. The summed E-state index contributed by atoms with van der Waals surface area (Å²) in [5.74, 6) is 8.22. The van der Waals surface area contributed by atoms with E-state index in [1.165, 1.54) is 37.7 Å². The minimum atomic E-state index is -0.197. The normalized spacial score (nSPS) is 20.3. The summed E-state index contributed by atoms with van der Waals surface area (Å²) in [4.78, 5) is 0. The maximum Gasteiger partial charge on any atom is 0.139 e. The molecule has 0 N–H and O–H groups in total. The SMILES string of the molecule is CCc1ccc(C#Cc2ccc(CC(C)C3CCC(CC)CC3)cc2F)cc1. The predicted octanol–water partition coefficient (Wildman–Crippen LogP) is 7.18. The molecule has 1 atom stereocenters. The van der Waals surface area contributed by atoms with Crippen LogP contribution in [0.2, 0.25) is 0 Å². The lowest BCUT2D eigenvalue weighted by atomic mass is 9.74. The third kappa shape index (κ3) is 5.48. The highest BCUT2D eigenvalue weighted by Crippen LogP contribution is 2.36. The molecule has 0 spiro atoms. The van der Waals surface area contributed by atoms with Crippen LogP contribution >= 0.6 is 0 Å². The molecule has 148 valence electrons. The molecule has 1 aliphatic rings. The standard InChI is InChI=1S/C27H33F/c1-4-21-6-8-23(9-7-21)12-16-26-17-13-24(19-27(26)28)18-20(3)25-14-10-22(5-2)11-15-25/h6-9,13,17,19-20,22,25H,4-5,10-11,14-15,18H2,1-3H3. The topological polar surface area (TPSA) is 0 Å². The highest BCUT2D eigenvalue weighted by molar-refractivity contribution is 5.44. The molecule has 1 aliphatic carbocycles. The van der Waals surface area contributed by atoms with Crippen LogP contribution in [-0.2, 0) is 12.8 Å². The summed E-state index contributed by atoms with van der Waals surface area (Å²) < 4.78 is 14.6. The fraction of sp³-hybridized carbons (Fsp3) is 0.481. The van der Waals surface area contributed by atoms with Gasteiger partial charge in [-0.15, -0.1) is 0 Å². The van der Waals surface area contributed by atoms with E-state index in [0.29, 0.717) is 11.5 Å². The van der Waals surface area contributed by atoms with E-state index < -0.39 is 0 Å². The molecule has 2 aromatic rings. The second kappa shape index (κ2) is 9.92. The van der Waals surface area contributed by atoms with Crippen LogP contribution in [0, 0.1) is 35.4 Å². The second-order valence-electron chi connectivity index (χ2n) is 8.49. The van der Waals surface area contributed by atoms with Gasteiger partial charge >= 0.3 is 0 Å². The molecule has 0 nitrogen and oxygen atoms in total. The average Bonchev–Trinajstić information content (AvgIpc) is 2.73. The van der Waals surface area contributed by atoms with E-state index in [-0.39, 0.29) is 5.82 Å². The number of halogens is 1. The molecule has 2 aromatic carbocycles. The van der Waals surface area contributed by atoms with Gasteiger partial charge in [-0.2, -0.15) is 0 Å². The molecule has 3 rings (SSSR count). The molecule has 28 heavy (non-hydrogen) atoms. The van der Waals surface area contributed by atoms with Crippen LogP contribution in [0.4, 0.5) is 4.39 Å². The molecule has 0 bridgehead atoms. The molecule has 1 saturated carbocycles. The molecular formula is C27H33F. The Balaban J connectivity index is 1.61. The summed E-state index contributed by atoms with van der Waals surface area (Å²) in [6.07, 6.45) is 8.71. The van der Waals surface area contributed by atoms with Crippen LogP contribution in [0.5, 0.6) is 0 Å². The lowest BCUT2D eigenvalue weighted by Gasteiger charge is -2.32. The van der Waals surface area contributed by atoms with Gasteiger partial charge in [-0.05, 0) is 78.8 Å². The van der Waals surface area contributed by atoms with Crippen molar-refractivity contribution in [3.8, 4) is 11.8 Å². The Morgan fingerprint density at radius 1 is 0.929 bits per heavy atom. The van der Waals surface area contributed by atoms with Gasteiger partial charge in [-0.3, -0.25) is 0 Å². The Labute approximate surface area is 170 Å². The van der Waals surface area contributed by atoms with Crippen LogP contribution in [0.1, 0.15) is 75.1 Å². The number of hydrogen-bond acceptors (Lipinski definition) is 0. The summed E-state index contributed by atoms with van der Waals surface area (Å²) in [5, 5.41) is 0. The highest BCUT2D eigenvalue weighted by Gasteiger charge is 2.24. The maximum absolute atomic E-state index is 14.6. The summed E-state index contributed by atoms with van der Waals surface area (Å²) in [6.45, 7) is 6.78. The fourth-order valence-corrected chi connectivity index (χ4v) is 4.45. The molecule has 0 saturated heterocycles. The Kier molecular flexibility index (Phi) is 7.32. The Hall–Kier alpha value is -2.07. The lowest BCUT2D eigenvalue weighted by Crippen LogP contribution is -2.21. The monoisotopic (exact) mass is 376 g/mol. The maximum atomic E-state index is 14.6. The molecule has 1 fully saturated rings. The number of benzene rings is 2. The first-order valence-electron chi connectivity index (χ1n) is 11.0. The quantitative estimate of drug-likeness (QED) is 0.485. The molecule has 0 aliphatic heterocycles. The van der Waals surface area contributed by atoms with Gasteiger partial charge in [0.2, 0.25) is 0 Å². The Morgan fingerprint density at radius 2 is 1.61 bits per heavy atom. The van der Waals surface area contributed by atoms with E-state index in [0.717, 1.165) is 35.8 Å². The van der Waals surface area contributed by atoms with Gasteiger partial charge in [0.05, 0.1) is 5.56 Å². The van der Waals surface area contributed by atoms with E-state index in [4.69, 9.17) is 0 Å². The van der Waals surface area contributed by atoms with Crippen molar-refractivity contribution in [1.82, 2.24) is 0 Å². The van der Waals surface area contributed by atoms with Crippen LogP contribution < -0.4 is 0 Å². The summed E-state index contributed by atoms with van der Waals surface area (Å²) >= 11 is 0. The minimum Gasteiger partial charge on any atom is -0.206 e. The average molecular weight is 377 g/mol. The fourth-order valence-electron chi connectivity index (χ4n) is 4.45. The van der Waals surface area contributed by atoms with E-state index in [2.05, 4.69) is 50.8 Å². The van der Waals surface area contributed by atoms with Gasteiger partial charge in [0, 0.05) is 5.56 Å². The molecule has 1 heteroatoms. The Bertz CT molecular complexity index is 814. The third-order valence-electron chi connectivity index (χ3n) is 6.57. The van der Waals surface area contributed by atoms with Crippen molar-refractivity contribution in [2.75, 3.05) is 0 Å². The molecule has 0 radical (unpaired) electrons. The molecule has 0 amide bonds. The highest BCUT2D eigenvalue weighted by atomic mass is 19.1. The number of rotatable bonds is 5. The van der Waals surface area contributed by atoms with Gasteiger partial charge in [0.25, 0.3) is 0 Å². The van der Waals surface area contributed by atoms with Crippen molar-refractivity contribution in [2.45, 2.75) is 65.7 Å². The van der Waals surface area contributed by atoms with Crippen molar-refractivity contribution in [1.29, 1.82) is 0 Å². The van der Waals surface area contributed by atoms with E-state index >= 15 is 0 Å². The first-order chi connectivity index (χ1) is 13.6. The second-order valence-corrected chi connectivity index (χ2v) is 8.49. The first kappa shape index (κ1) is 20.7. The van der Waals surface area contributed by atoms with Crippen molar-refractivity contribution in [2.24, 2.45) is 17.8 Å². The van der Waals surface area contributed by atoms with E-state index in [1.807, 2.05) is 18.2 Å². The molecule has 0 aromatic heterocycles. The van der Waals surface area contributed by atoms with Crippen LogP contribution in [0.3, 0.4) is 0 Å². The predicted molar refractivity (Wildman–Crippen MR) is 117 cm³/mol. The molecule has 0 heterocycles. The summed E-state index contributed by atoms with van der Waals surface area (Å²) in [6, 6.07) is 13.8. The summed E-state index contributed by atoms with van der Waals surface area (Å²) in [7, 11) is 0. The van der Waals surface area contributed by atoms with Crippen molar-refractivity contribution >= 4 is 0 Å². The van der Waals surface area contributed by atoms with Crippen molar-refractivity contribution < 1.29 is 4.39 Å². The molecule has 1 unspecified atom stereocenters. The van der Waals surface area contributed by atoms with Crippen LogP contribution in [0.25, 0.3) is 0 Å². The van der Waals surface area contributed by atoms with Gasteiger partial charge in [-0.25, -0.2) is 4.39 Å². The van der Waals surface area contributed by atoms with Crippen molar-refractivity contribution in [3.05, 3.63) is 70.5 Å². The van der Waals surface area contributed by atoms with Gasteiger partial charge in [-0.1, -0.05) is 70.1 Å². The minimum absolute atomic E-state index is 0.197. The Morgan fingerprint density at radius 3 is 2.21 bits per heavy atom. The van der Waals surface area contributed by atoms with Crippen LogP contribution in [0.15, 0.2) is 42.5 Å². The third-order valence-corrected chi connectivity index (χ3v) is 6.57. The van der Waals surface area contributed by atoms with E-state index in [1.54, 1.807) is 6.07 Å². The van der Waals surface area contributed by atoms with Gasteiger partial charge < -0.3 is 0 Å². The number of hydrogen-bond donors (Lipinski definition) is 0. The van der Waals surface area contributed by atoms with Crippen molar-refractivity contribution in [3.63, 3.8) is 0 Å². The van der Waals surface area contributed by atoms with E-state index in [9.17, 15) is 4.39 Å². The zero-order chi connectivity index (χ0) is 19.9. The van der Waals surface area contributed by atoms with Crippen LogP contribution in [-0.4, -0.2) is 0 Å². The number of aryl methyl sites for hydroxylation is 1. The zero-order valence-corrected chi connectivity index (χ0v) is 17.6.